The van der Waals surface area contributed by atoms with Gasteiger partial charge < -0.3 is 0 Å². The molecule has 0 N–H and O–H groups in total. The van der Waals surface area contributed by atoms with Crippen molar-refractivity contribution in [2.45, 2.75) is 13.8 Å². The van der Waals surface area contributed by atoms with E-state index in [0.29, 0.717) is 11.7 Å². The van der Waals surface area contributed by atoms with Crippen LogP contribution in [0.15, 0.2) is 63.5 Å². The zero-order chi connectivity index (χ0) is 15.2. The maximum Gasteiger partial charge on any atom is 0.161 e. The van der Waals surface area contributed by atoms with Gasteiger partial charge in [0.25, 0.3) is 0 Å². The lowest BCUT2D eigenvalue weighted by Gasteiger charge is -2.05. The Bertz CT molecular complexity index is 677. The van der Waals surface area contributed by atoms with Crippen molar-refractivity contribution in [2.75, 3.05) is 7.05 Å². The summed E-state index contributed by atoms with van der Waals surface area (Å²) in [5.74, 6) is 1.23. The highest BCUT2D eigenvalue weighted by atomic mass is 15.0. The van der Waals surface area contributed by atoms with Gasteiger partial charge in [0.2, 0.25) is 0 Å². The molecule has 0 fully saturated rings. The molecule has 0 amide bonds. The summed E-state index contributed by atoms with van der Waals surface area (Å²) >= 11 is 0. The van der Waals surface area contributed by atoms with Crippen molar-refractivity contribution in [1.29, 1.82) is 0 Å². The Labute approximate surface area is 125 Å². The van der Waals surface area contributed by atoms with Crippen LogP contribution in [0.5, 0.6) is 0 Å². The Balaban J connectivity index is 2.39. The molecule has 0 saturated carbocycles. The van der Waals surface area contributed by atoms with E-state index in [0.717, 1.165) is 11.1 Å². The van der Waals surface area contributed by atoms with Crippen LogP contribution in [-0.2, 0) is 0 Å². The average Bonchev–Trinajstić information content (AvgIpc) is 2.51. The molecule has 0 aromatic heterocycles. The largest absolute Gasteiger partial charge is 0.270 e. The second-order valence-electron chi connectivity index (χ2n) is 4.87. The van der Waals surface area contributed by atoms with E-state index in [4.69, 9.17) is 0 Å². The third kappa shape index (κ3) is 3.72. The Morgan fingerprint density at radius 3 is 1.57 bits per heavy atom. The van der Waals surface area contributed by atoms with E-state index in [-0.39, 0.29) is 0 Å². The summed E-state index contributed by atoms with van der Waals surface area (Å²) in [4.78, 5) is 12.8. The molecule has 0 aliphatic heterocycles. The third-order valence-corrected chi connectivity index (χ3v) is 3.19. The SMILES string of the molecule is C=N/C(=N\C(=N/C)c1ccc(C)cc1)c1ccc(C)cc1. The van der Waals surface area contributed by atoms with E-state index in [1.54, 1.807) is 7.05 Å². The number of nitrogens with zero attached hydrogens (tertiary/aromatic N) is 3. The fourth-order valence-corrected chi connectivity index (χ4v) is 1.94. The summed E-state index contributed by atoms with van der Waals surface area (Å²) in [7, 11) is 1.73. The summed E-state index contributed by atoms with van der Waals surface area (Å²) in [6.07, 6.45) is 0. The van der Waals surface area contributed by atoms with Gasteiger partial charge in [0, 0.05) is 18.2 Å². The van der Waals surface area contributed by atoms with Crippen LogP contribution in [0.2, 0.25) is 0 Å². The van der Waals surface area contributed by atoms with Gasteiger partial charge in [0.05, 0.1) is 0 Å². The van der Waals surface area contributed by atoms with Crippen LogP contribution in [0.4, 0.5) is 0 Å². The molecule has 2 aromatic carbocycles. The zero-order valence-corrected chi connectivity index (χ0v) is 12.7. The predicted octanol–water partition coefficient (Wildman–Crippen LogP) is 3.83. The molecule has 106 valence electrons. The average molecular weight is 277 g/mol. The molecule has 0 radical (unpaired) electrons. The van der Waals surface area contributed by atoms with Crippen molar-refractivity contribution < 1.29 is 0 Å². The Hall–Kier alpha value is -2.55. The second-order valence-corrected chi connectivity index (χ2v) is 4.87. The molecule has 2 rings (SSSR count). The number of hydrogen-bond donors (Lipinski definition) is 0. The van der Waals surface area contributed by atoms with Gasteiger partial charge in [0.1, 0.15) is 0 Å². The number of aliphatic imine (C=N–C) groups is 3. The van der Waals surface area contributed by atoms with Crippen molar-refractivity contribution in [3.05, 3.63) is 70.8 Å². The van der Waals surface area contributed by atoms with Crippen LogP contribution >= 0.6 is 0 Å². The molecule has 0 atom stereocenters. The van der Waals surface area contributed by atoms with Gasteiger partial charge >= 0.3 is 0 Å². The van der Waals surface area contributed by atoms with Crippen LogP contribution in [0.1, 0.15) is 22.3 Å². The minimum absolute atomic E-state index is 0.580. The molecular weight excluding hydrogens is 258 g/mol. The molecule has 0 unspecified atom stereocenters. The minimum atomic E-state index is 0.580. The summed E-state index contributed by atoms with van der Waals surface area (Å²) in [6.45, 7) is 7.72. The normalized spacial score (nSPS) is 12.3. The Morgan fingerprint density at radius 2 is 1.19 bits per heavy atom. The Morgan fingerprint density at radius 1 is 0.762 bits per heavy atom. The number of benzene rings is 2. The van der Waals surface area contributed by atoms with Gasteiger partial charge in [-0.15, -0.1) is 0 Å². The standard InChI is InChI=1S/C18H19N3/c1-13-5-9-15(10-6-13)17(19-3)21-18(20-4)16-11-7-14(2)8-12-16/h5-12H,3H2,1-2,4H3/b20-18-,21-17-. The molecule has 2 aromatic rings. The topological polar surface area (TPSA) is 37.1 Å². The first-order valence-corrected chi connectivity index (χ1v) is 6.80. The monoisotopic (exact) mass is 277 g/mol. The quantitative estimate of drug-likeness (QED) is 0.591. The van der Waals surface area contributed by atoms with Gasteiger partial charge in [-0.25, -0.2) is 9.98 Å². The van der Waals surface area contributed by atoms with E-state index < -0.39 is 0 Å². The second kappa shape index (κ2) is 6.75. The van der Waals surface area contributed by atoms with Gasteiger partial charge in [0.15, 0.2) is 11.7 Å². The molecule has 3 nitrogen and oxygen atoms in total. The maximum atomic E-state index is 4.55. The number of amidine groups is 2. The molecule has 0 aliphatic rings. The molecule has 0 heterocycles. The highest BCUT2D eigenvalue weighted by Gasteiger charge is 2.05. The number of aryl methyl sites for hydroxylation is 2. The molecular formula is C18H19N3. The van der Waals surface area contributed by atoms with E-state index in [2.05, 4.69) is 28.6 Å². The van der Waals surface area contributed by atoms with Crippen LogP contribution in [0, 0.1) is 13.8 Å². The fourth-order valence-electron chi connectivity index (χ4n) is 1.94. The number of hydrogen-bond acceptors (Lipinski definition) is 1. The highest BCUT2D eigenvalue weighted by molar-refractivity contribution is 6.12. The van der Waals surface area contributed by atoms with Gasteiger partial charge in [-0.1, -0.05) is 59.7 Å². The lowest BCUT2D eigenvalue weighted by Crippen LogP contribution is -2.04. The summed E-state index contributed by atoms with van der Waals surface area (Å²) in [5, 5.41) is 0. The Kier molecular flexibility index (Phi) is 4.77. The molecule has 3 heteroatoms. The van der Waals surface area contributed by atoms with E-state index >= 15 is 0 Å². The maximum absolute atomic E-state index is 4.55. The van der Waals surface area contributed by atoms with Crippen molar-refractivity contribution in [2.24, 2.45) is 15.0 Å². The van der Waals surface area contributed by atoms with Crippen molar-refractivity contribution in [1.82, 2.24) is 0 Å². The summed E-state index contributed by atoms with van der Waals surface area (Å²) in [6, 6.07) is 16.2. The van der Waals surface area contributed by atoms with Gasteiger partial charge in [-0.05, 0) is 20.6 Å². The molecule has 0 spiro atoms. The number of rotatable bonds is 2. The smallest absolute Gasteiger partial charge is 0.161 e. The first-order chi connectivity index (χ1) is 10.1. The van der Waals surface area contributed by atoms with E-state index in [1.165, 1.54) is 11.1 Å². The summed E-state index contributed by atoms with van der Waals surface area (Å²) in [5.41, 5.74) is 4.31. The van der Waals surface area contributed by atoms with Crippen molar-refractivity contribution >= 4 is 18.4 Å². The lowest BCUT2D eigenvalue weighted by atomic mass is 10.1. The van der Waals surface area contributed by atoms with Gasteiger partial charge in [-0.2, -0.15) is 0 Å². The molecule has 21 heavy (non-hydrogen) atoms. The van der Waals surface area contributed by atoms with Crippen LogP contribution in [0.3, 0.4) is 0 Å². The van der Waals surface area contributed by atoms with Crippen LogP contribution in [0.25, 0.3) is 0 Å². The van der Waals surface area contributed by atoms with Crippen LogP contribution in [-0.4, -0.2) is 25.4 Å². The minimum Gasteiger partial charge on any atom is -0.270 e. The zero-order valence-electron chi connectivity index (χ0n) is 12.7. The highest BCUT2D eigenvalue weighted by Crippen LogP contribution is 2.10. The molecule has 0 saturated heterocycles. The van der Waals surface area contributed by atoms with Crippen molar-refractivity contribution in [3.63, 3.8) is 0 Å². The van der Waals surface area contributed by atoms with E-state index in [1.807, 2.05) is 55.5 Å². The van der Waals surface area contributed by atoms with E-state index in [9.17, 15) is 0 Å². The van der Waals surface area contributed by atoms with Crippen molar-refractivity contribution in [3.8, 4) is 0 Å². The first-order valence-electron chi connectivity index (χ1n) is 6.80. The van der Waals surface area contributed by atoms with Gasteiger partial charge in [-0.3, -0.25) is 4.99 Å². The molecule has 0 bridgehead atoms. The third-order valence-electron chi connectivity index (χ3n) is 3.19. The molecule has 0 aliphatic carbocycles. The lowest BCUT2D eigenvalue weighted by molar-refractivity contribution is 1.36. The summed E-state index contributed by atoms with van der Waals surface area (Å²) < 4.78 is 0. The first kappa shape index (κ1) is 14.9. The van der Waals surface area contributed by atoms with Crippen LogP contribution < -0.4 is 0 Å². The fraction of sp³-hybridized carbons (Fsp3) is 0.167. The predicted molar refractivity (Wildman–Crippen MR) is 90.9 cm³/mol.